The average molecular weight is 336 g/mol. The van der Waals surface area contributed by atoms with Crippen LogP contribution in [0.1, 0.15) is 0 Å². The molecule has 0 aromatic heterocycles. The Morgan fingerprint density at radius 3 is 3.06 bits per heavy atom. The maximum atomic E-state index is 12.0. The minimum atomic E-state index is -0.115. The molecule has 3 nitrogen and oxygen atoms in total. The van der Waals surface area contributed by atoms with Crippen LogP contribution in [0, 0.1) is 0 Å². The van der Waals surface area contributed by atoms with Crippen molar-refractivity contribution < 1.29 is 4.79 Å². The SMILES string of the molecule is O=C(Nc1ccc(Cl)cc1Br)C1CSCCN1. The Labute approximate surface area is 118 Å². The van der Waals surface area contributed by atoms with Crippen molar-refractivity contribution in [2.45, 2.75) is 6.04 Å². The lowest BCUT2D eigenvalue weighted by molar-refractivity contribution is -0.117. The molecule has 0 saturated carbocycles. The quantitative estimate of drug-likeness (QED) is 0.873. The summed E-state index contributed by atoms with van der Waals surface area (Å²) in [5.74, 6) is 1.88. The third-order valence-corrected chi connectivity index (χ3v) is 4.38. The second-order valence-corrected chi connectivity index (χ2v) is 6.14. The molecule has 1 heterocycles. The molecule has 1 aromatic carbocycles. The first kappa shape index (κ1) is 13.2. The van der Waals surface area contributed by atoms with Crippen LogP contribution in [0.3, 0.4) is 0 Å². The van der Waals surface area contributed by atoms with Gasteiger partial charge in [-0.3, -0.25) is 4.79 Å². The molecule has 6 heteroatoms. The van der Waals surface area contributed by atoms with Crippen LogP contribution in [0.15, 0.2) is 22.7 Å². The van der Waals surface area contributed by atoms with Crippen LogP contribution >= 0.6 is 39.3 Å². The Balaban J connectivity index is 2.02. The fraction of sp³-hybridized carbons (Fsp3) is 0.364. The summed E-state index contributed by atoms with van der Waals surface area (Å²) in [5, 5.41) is 6.72. The summed E-state index contributed by atoms with van der Waals surface area (Å²) in [6.45, 7) is 0.880. The maximum Gasteiger partial charge on any atom is 0.242 e. The van der Waals surface area contributed by atoms with Gasteiger partial charge in [-0.05, 0) is 34.1 Å². The number of hydrogen-bond donors (Lipinski definition) is 2. The number of benzene rings is 1. The summed E-state index contributed by atoms with van der Waals surface area (Å²) in [4.78, 5) is 12.0. The highest BCUT2D eigenvalue weighted by atomic mass is 79.9. The van der Waals surface area contributed by atoms with Crippen LogP contribution in [0.4, 0.5) is 5.69 Å². The van der Waals surface area contributed by atoms with Crippen LogP contribution < -0.4 is 10.6 Å². The van der Waals surface area contributed by atoms with Gasteiger partial charge in [0.15, 0.2) is 0 Å². The molecule has 92 valence electrons. The number of amides is 1. The second kappa shape index (κ2) is 6.09. The lowest BCUT2D eigenvalue weighted by Crippen LogP contribution is -2.46. The third-order valence-electron chi connectivity index (χ3n) is 2.43. The molecular formula is C11H12BrClN2OS. The molecule has 0 radical (unpaired) electrons. The van der Waals surface area contributed by atoms with Crippen LogP contribution in [0.5, 0.6) is 0 Å². The van der Waals surface area contributed by atoms with Gasteiger partial charge in [-0.15, -0.1) is 0 Å². The molecule has 1 unspecified atom stereocenters. The second-order valence-electron chi connectivity index (χ2n) is 3.70. The lowest BCUT2D eigenvalue weighted by Gasteiger charge is -2.22. The Kier molecular flexibility index (Phi) is 4.73. The number of nitrogens with one attached hydrogen (secondary N) is 2. The van der Waals surface area contributed by atoms with Gasteiger partial charge in [0.2, 0.25) is 5.91 Å². The van der Waals surface area contributed by atoms with Gasteiger partial charge in [0, 0.05) is 27.5 Å². The molecule has 2 N–H and O–H groups in total. The number of carbonyl (C=O) groups excluding carboxylic acids is 1. The molecule has 1 saturated heterocycles. The molecule has 1 aromatic rings. The summed E-state index contributed by atoms with van der Waals surface area (Å²) in [6.07, 6.45) is 0. The van der Waals surface area contributed by atoms with E-state index in [4.69, 9.17) is 11.6 Å². The largest absolute Gasteiger partial charge is 0.324 e. The highest BCUT2D eigenvalue weighted by Crippen LogP contribution is 2.26. The maximum absolute atomic E-state index is 12.0. The Hall–Kier alpha value is -0.230. The van der Waals surface area contributed by atoms with Gasteiger partial charge in [0.1, 0.15) is 0 Å². The monoisotopic (exact) mass is 334 g/mol. The van der Waals surface area contributed by atoms with Gasteiger partial charge in [-0.2, -0.15) is 11.8 Å². The molecule has 0 aliphatic carbocycles. The molecule has 1 atom stereocenters. The lowest BCUT2D eigenvalue weighted by atomic mass is 10.2. The van der Waals surface area contributed by atoms with E-state index in [0.717, 1.165) is 28.2 Å². The van der Waals surface area contributed by atoms with Gasteiger partial charge >= 0.3 is 0 Å². The topological polar surface area (TPSA) is 41.1 Å². The zero-order valence-electron chi connectivity index (χ0n) is 9.00. The summed E-state index contributed by atoms with van der Waals surface area (Å²) < 4.78 is 0.793. The van der Waals surface area contributed by atoms with Crippen molar-refractivity contribution in [1.82, 2.24) is 5.32 Å². The third kappa shape index (κ3) is 3.61. The normalized spacial score (nSPS) is 20.0. The number of carbonyl (C=O) groups is 1. The van der Waals surface area contributed by atoms with E-state index in [-0.39, 0.29) is 11.9 Å². The molecule has 1 fully saturated rings. The standard InChI is InChI=1S/C11H12BrClN2OS/c12-8-5-7(13)1-2-9(8)15-11(16)10-6-17-4-3-14-10/h1-2,5,10,14H,3-4,6H2,(H,15,16). The number of rotatable bonds is 2. The van der Waals surface area contributed by atoms with Crippen molar-refractivity contribution in [3.63, 3.8) is 0 Å². The van der Waals surface area contributed by atoms with E-state index in [1.54, 1.807) is 30.0 Å². The zero-order valence-corrected chi connectivity index (χ0v) is 12.2. The van der Waals surface area contributed by atoms with E-state index >= 15 is 0 Å². The van der Waals surface area contributed by atoms with Gasteiger partial charge in [-0.1, -0.05) is 11.6 Å². The minimum absolute atomic E-state index is 0.000206. The highest BCUT2D eigenvalue weighted by Gasteiger charge is 2.21. The summed E-state index contributed by atoms with van der Waals surface area (Å²) >= 11 is 11.0. The highest BCUT2D eigenvalue weighted by molar-refractivity contribution is 9.10. The average Bonchev–Trinajstić information content (AvgIpc) is 2.34. The first-order chi connectivity index (χ1) is 8.16. The van der Waals surface area contributed by atoms with E-state index in [0.29, 0.717) is 5.02 Å². The van der Waals surface area contributed by atoms with E-state index in [2.05, 4.69) is 26.6 Å². The van der Waals surface area contributed by atoms with Crippen LogP contribution in [-0.4, -0.2) is 30.0 Å². The fourth-order valence-electron chi connectivity index (χ4n) is 1.54. The van der Waals surface area contributed by atoms with Crippen LogP contribution in [-0.2, 0) is 4.79 Å². The fourth-order valence-corrected chi connectivity index (χ4v) is 3.26. The molecule has 1 amide bonds. The van der Waals surface area contributed by atoms with Crippen LogP contribution in [0.25, 0.3) is 0 Å². The van der Waals surface area contributed by atoms with Gasteiger partial charge < -0.3 is 10.6 Å². The number of halogens is 2. The Bertz CT molecular complexity index is 424. The molecular weight excluding hydrogens is 324 g/mol. The minimum Gasteiger partial charge on any atom is -0.324 e. The van der Waals surface area contributed by atoms with E-state index in [9.17, 15) is 4.79 Å². The van der Waals surface area contributed by atoms with Gasteiger partial charge in [-0.25, -0.2) is 0 Å². The molecule has 1 aliphatic heterocycles. The molecule has 0 bridgehead atoms. The summed E-state index contributed by atoms with van der Waals surface area (Å²) in [5.41, 5.74) is 0.747. The van der Waals surface area contributed by atoms with Crippen molar-refractivity contribution in [2.75, 3.05) is 23.4 Å². The Morgan fingerprint density at radius 1 is 1.59 bits per heavy atom. The molecule has 17 heavy (non-hydrogen) atoms. The molecule has 0 spiro atoms. The van der Waals surface area contributed by atoms with E-state index in [1.807, 2.05) is 0 Å². The Morgan fingerprint density at radius 2 is 2.41 bits per heavy atom. The van der Waals surface area contributed by atoms with E-state index < -0.39 is 0 Å². The van der Waals surface area contributed by atoms with Gasteiger partial charge in [0.05, 0.1) is 11.7 Å². The van der Waals surface area contributed by atoms with Gasteiger partial charge in [0.25, 0.3) is 0 Å². The predicted molar refractivity (Wildman–Crippen MR) is 76.9 cm³/mol. The van der Waals surface area contributed by atoms with E-state index in [1.165, 1.54) is 0 Å². The first-order valence-electron chi connectivity index (χ1n) is 5.24. The number of anilines is 1. The zero-order chi connectivity index (χ0) is 12.3. The number of thioether (sulfide) groups is 1. The van der Waals surface area contributed by atoms with Crippen LogP contribution in [0.2, 0.25) is 5.02 Å². The molecule has 1 aliphatic rings. The summed E-state index contributed by atoms with van der Waals surface area (Å²) in [7, 11) is 0. The number of hydrogen-bond acceptors (Lipinski definition) is 3. The van der Waals surface area contributed by atoms with Crippen molar-refractivity contribution >= 4 is 50.9 Å². The predicted octanol–water partition coefficient (Wildman–Crippen LogP) is 2.75. The molecule has 2 rings (SSSR count). The first-order valence-corrected chi connectivity index (χ1v) is 7.56. The van der Waals surface area contributed by atoms with Crippen molar-refractivity contribution in [3.05, 3.63) is 27.7 Å². The van der Waals surface area contributed by atoms with Crippen molar-refractivity contribution in [2.24, 2.45) is 0 Å². The van der Waals surface area contributed by atoms with Crippen molar-refractivity contribution in [1.29, 1.82) is 0 Å². The summed E-state index contributed by atoms with van der Waals surface area (Å²) in [6, 6.07) is 5.20. The van der Waals surface area contributed by atoms with Crippen molar-refractivity contribution in [3.8, 4) is 0 Å². The smallest absolute Gasteiger partial charge is 0.242 e.